The van der Waals surface area contributed by atoms with Crippen molar-refractivity contribution in [3.63, 3.8) is 0 Å². The van der Waals surface area contributed by atoms with Gasteiger partial charge in [0.05, 0.1) is 0 Å². The van der Waals surface area contributed by atoms with E-state index in [0.717, 1.165) is 30.8 Å². The van der Waals surface area contributed by atoms with Gasteiger partial charge >= 0.3 is 0 Å². The van der Waals surface area contributed by atoms with Crippen molar-refractivity contribution < 1.29 is 18.4 Å². The number of amides is 2. The lowest BCUT2D eigenvalue weighted by Crippen LogP contribution is -2.32. The van der Waals surface area contributed by atoms with Gasteiger partial charge in [-0.1, -0.05) is 0 Å². The molecule has 2 N–H and O–H groups in total. The van der Waals surface area contributed by atoms with Crippen LogP contribution in [0.15, 0.2) is 42.5 Å². The first kappa shape index (κ1) is 17.8. The molecule has 0 aromatic heterocycles. The van der Waals surface area contributed by atoms with E-state index in [2.05, 4.69) is 10.6 Å². The van der Waals surface area contributed by atoms with E-state index >= 15 is 0 Å². The number of hydrogen-bond donors (Lipinski definition) is 2. The Hall–Kier alpha value is -2.96. The molecule has 0 bridgehead atoms. The van der Waals surface area contributed by atoms with Gasteiger partial charge in [0.15, 0.2) is 11.6 Å². The number of carbonyl (C=O) groups excluding carboxylic acids is 2. The molecular formula is C19H19F2N3O2. The van der Waals surface area contributed by atoms with Crippen molar-refractivity contribution >= 4 is 28.9 Å². The molecular weight excluding hydrogens is 340 g/mol. The van der Waals surface area contributed by atoms with Gasteiger partial charge in [-0.25, -0.2) is 8.78 Å². The Balaban J connectivity index is 1.59. The lowest BCUT2D eigenvalue weighted by Gasteiger charge is -2.18. The van der Waals surface area contributed by atoms with E-state index in [1.54, 1.807) is 24.0 Å². The standard InChI is InChI=1S/C19H19F2N3O2/c1-12(19(26)23-14-6-9-16(20)17(21)11-14)22-13-4-7-15(8-5-13)24-10-2-3-18(24)25/h4-9,11-12,22H,2-3,10H2,1H3,(H,23,26)/t12-/m1/s1. The number of halogens is 2. The molecule has 1 heterocycles. The molecule has 1 atom stereocenters. The van der Waals surface area contributed by atoms with Crippen molar-refractivity contribution in [2.24, 2.45) is 0 Å². The molecule has 0 spiro atoms. The maximum absolute atomic E-state index is 13.2. The summed E-state index contributed by atoms with van der Waals surface area (Å²) in [5.74, 6) is -2.25. The summed E-state index contributed by atoms with van der Waals surface area (Å²) in [5, 5.41) is 5.56. The normalized spacial score (nSPS) is 15.0. The van der Waals surface area contributed by atoms with Crippen LogP contribution in [0.1, 0.15) is 19.8 Å². The van der Waals surface area contributed by atoms with Crippen LogP contribution < -0.4 is 15.5 Å². The van der Waals surface area contributed by atoms with Crippen LogP contribution in [0.5, 0.6) is 0 Å². The van der Waals surface area contributed by atoms with Crippen LogP contribution >= 0.6 is 0 Å². The Bertz CT molecular complexity index is 824. The fourth-order valence-electron chi connectivity index (χ4n) is 2.80. The maximum Gasteiger partial charge on any atom is 0.246 e. The second-order valence-electron chi connectivity index (χ2n) is 6.18. The van der Waals surface area contributed by atoms with Crippen molar-refractivity contribution in [1.82, 2.24) is 0 Å². The van der Waals surface area contributed by atoms with Gasteiger partial charge in [-0.15, -0.1) is 0 Å². The van der Waals surface area contributed by atoms with Gasteiger partial charge in [0.25, 0.3) is 0 Å². The molecule has 1 saturated heterocycles. The van der Waals surface area contributed by atoms with Crippen LogP contribution in [0.25, 0.3) is 0 Å². The van der Waals surface area contributed by atoms with E-state index in [0.29, 0.717) is 12.1 Å². The first-order valence-electron chi connectivity index (χ1n) is 8.37. The molecule has 26 heavy (non-hydrogen) atoms. The number of anilines is 3. The number of rotatable bonds is 5. The van der Waals surface area contributed by atoms with Gasteiger partial charge in [-0.05, 0) is 49.7 Å². The molecule has 3 rings (SSSR count). The molecule has 2 amide bonds. The van der Waals surface area contributed by atoms with Crippen LogP contribution in [0.2, 0.25) is 0 Å². The first-order chi connectivity index (χ1) is 12.4. The fraction of sp³-hybridized carbons (Fsp3) is 0.263. The van der Waals surface area contributed by atoms with Crippen LogP contribution in [0.3, 0.4) is 0 Å². The van der Waals surface area contributed by atoms with E-state index in [4.69, 9.17) is 0 Å². The molecule has 5 nitrogen and oxygen atoms in total. The smallest absolute Gasteiger partial charge is 0.246 e. The number of hydrogen-bond acceptors (Lipinski definition) is 3. The average Bonchev–Trinajstić information content (AvgIpc) is 3.05. The molecule has 0 radical (unpaired) electrons. The topological polar surface area (TPSA) is 61.4 Å². The Morgan fingerprint density at radius 1 is 1.08 bits per heavy atom. The Kier molecular flexibility index (Phi) is 5.16. The molecule has 1 aliphatic rings. The van der Waals surface area contributed by atoms with Gasteiger partial charge in [0, 0.05) is 36.1 Å². The van der Waals surface area contributed by atoms with Crippen molar-refractivity contribution in [3.8, 4) is 0 Å². The third-order valence-corrected chi connectivity index (χ3v) is 4.22. The van der Waals surface area contributed by atoms with Crippen LogP contribution in [0, 0.1) is 11.6 Å². The molecule has 0 aliphatic carbocycles. The zero-order valence-electron chi connectivity index (χ0n) is 14.3. The average molecular weight is 359 g/mol. The third-order valence-electron chi connectivity index (χ3n) is 4.22. The highest BCUT2D eigenvalue weighted by Gasteiger charge is 2.21. The van der Waals surface area contributed by atoms with Crippen LogP contribution in [-0.4, -0.2) is 24.4 Å². The minimum Gasteiger partial charge on any atom is -0.374 e. The molecule has 2 aromatic rings. The van der Waals surface area contributed by atoms with E-state index in [9.17, 15) is 18.4 Å². The van der Waals surface area contributed by atoms with Crippen molar-refractivity contribution in [2.45, 2.75) is 25.8 Å². The Morgan fingerprint density at radius 3 is 2.38 bits per heavy atom. The van der Waals surface area contributed by atoms with E-state index in [1.807, 2.05) is 12.1 Å². The molecule has 0 saturated carbocycles. The highest BCUT2D eigenvalue weighted by molar-refractivity contribution is 5.97. The third kappa shape index (κ3) is 3.99. The predicted molar refractivity (Wildman–Crippen MR) is 96.1 cm³/mol. The van der Waals surface area contributed by atoms with Crippen molar-refractivity contribution in [2.75, 3.05) is 22.1 Å². The van der Waals surface area contributed by atoms with E-state index in [-0.39, 0.29) is 17.5 Å². The first-order valence-corrected chi connectivity index (χ1v) is 8.37. The van der Waals surface area contributed by atoms with E-state index < -0.39 is 17.7 Å². The molecule has 7 heteroatoms. The molecule has 136 valence electrons. The SMILES string of the molecule is C[C@@H](Nc1ccc(N2CCCC2=O)cc1)C(=O)Nc1ccc(F)c(F)c1. The highest BCUT2D eigenvalue weighted by atomic mass is 19.2. The number of nitrogens with one attached hydrogen (secondary N) is 2. The quantitative estimate of drug-likeness (QED) is 0.859. The molecule has 1 fully saturated rings. The fourth-order valence-corrected chi connectivity index (χ4v) is 2.80. The lowest BCUT2D eigenvalue weighted by molar-refractivity contribution is -0.117. The molecule has 1 aliphatic heterocycles. The van der Waals surface area contributed by atoms with Gasteiger partial charge in [-0.2, -0.15) is 0 Å². The van der Waals surface area contributed by atoms with Crippen molar-refractivity contribution in [1.29, 1.82) is 0 Å². The van der Waals surface area contributed by atoms with Crippen LogP contribution in [0.4, 0.5) is 25.8 Å². The predicted octanol–water partition coefficient (Wildman–Crippen LogP) is 3.53. The second-order valence-corrected chi connectivity index (χ2v) is 6.18. The minimum absolute atomic E-state index is 0.116. The van der Waals surface area contributed by atoms with Gasteiger partial charge < -0.3 is 15.5 Å². The summed E-state index contributed by atoms with van der Waals surface area (Å²) in [4.78, 5) is 25.7. The Morgan fingerprint density at radius 2 is 1.77 bits per heavy atom. The highest BCUT2D eigenvalue weighted by Crippen LogP contribution is 2.23. The van der Waals surface area contributed by atoms with Crippen LogP contribution in [-0.2, 0) is 9.59 Å². The summed E-state index contributed by atoms with van der Waals surface area (Å²) in [6.07, 6.45) is 1.43. The summed E-state index contributed by atoms with van der Waals surface area (Å²) in [7, 11) is 0. The molecule has 2 aromatic carbocycles. The number of benzene rings is 2. The number of nitrogens with zero attached hydrogens (tertiary/aromatic N) is 1. The van der Waals surface area contributed by atoms with E-state index in [1.165, 1.54) is 6.07 Å². The molecule has 0 unspecified atom stereocenters. The largest absolute Gasteiger partial charge is 0.374 e. The Labute approximate surface area is 150 Å². The minimum atomic E-state index is -1.02. The summed E-state index contributed by atoms with van der Waals surface area (Å²) in [6, 6.07) is 9.83. The zero-order chi connectivity index (χ0) is 18.7. The lowest BCUT2D eigenvalue weighted by atomic mass is 10.2. The maximum atomic E-state index is 13.2. The summed E-state index contributed by atoms with van der Waals surface area (Å²) in [6.45, 7) is 2.38. The zero-order valence-corrected chi connectivity index (χ0v) is 14.3. The second kappa shape index (κ2) is 7.51. The van der Waals surface area contributed by atoms with Gasteiger partial charge in [0.1, 0.15) is 6.04 Å². The summed E-state index contributed by atoms with van der Waals surface area (Å²) < 4.78 is 26.1. The van der Waals surface area contributed by atoms with Crippen molar-refractivity contribution in [3.05, 3.63) is 54.1 Å². The van der Waals surface area contributed by atoms with Gasteiger partial charge in [0.2, 0.25) is 11.8 Å². The summed E-state index contributed by atoms with van der Waals surface area (Å²) in [5.41, 5.74) is 1.73. The monoisotopic (exact) mass is 359 g/mol. The van der Waals surface area contributed by atoms with Gasteiger partial charge in [-0.3, -0.25) is 9.59 Å². The number of carbonyl (C=O) groups is 2. The summed E-state index contributed by atoms with van der Waals surface area (Å²) >= 11 is 0.